The Morgan fingerprint density at radius 2 is 1.86 bits per heavy atom. The average Bonchev–Trinajstić information content (AvgIpc) is 2.94. The second-order valence-electron chi connectivity index (χ2n) is 5.57. The molecule has 1 heterocycles. The highest BCUT2D eigenvalue weighted by Crippen LogP contribution is 2.21. The fourth-order valence-electron chi connectivity index (χ4n) is 1.90. The number of nitrogens with zero attached hydrogens (tertiary/aromatic N) is 1. The molecule has 22 heavy (non-hydrogen) atoms. The van der Waals surface area contributed by atoms with Gasteiger partial charge < -0.3 is 5.32 Å². The molecule has 0 saturated carbocycles. The van der Waals surface area contributed by atoms with Crippen LogP contribution in [0.2, 0.25) is 0 Å². The van der Waals surface area contributed by atoms with Gasteiger partial charge in [0.1, 0.15) is 0 Å². The van der Waals surface area contributed by atoms with Crippen LogP contribution >= 0.6 is 11.3 Å². The Labute approximate surface area is 134 Å². The van der Waals surface area contributed by atoms with E-state index in [2.05, 4.69) is 24.1 Å². The normalized spacial score (nSPS) is 10.7. The minimum Gasteiger partial charge on any atom is -0.302 e. The van der Waals surface area contributed by atoms with Gasteiger partial charge in [0.25, 0.3) is 0 Å². The van der Waals surface area contributed by atoms with Crippen LogP contribution in [0.1, 0.15) is 54.2 Å². The van der Waals surface area contributed by atoms with Gasteiger partial charge in [-0.2, -0.15) is 0 Å². The van der Waals surface area contributed by atoms with Crippen molar-refractivity contribution >= 4 is 28.2 Å². The van der Waals surface area contributed by atoms with Gasteiger partial charge in [0.2, 0.25) is 5.91 Å². The lowest BCUT2D eigenvalue weighted by atomic mass is 10.1. The first-order valence-corrected chi connectivity index (χ1v) is 8.19. The largest absolute Gasteiger partial charge is 0.302 e. The Morgan fingerprint density at radius 3 is 2.45 bits per heavy atom. The number of aromatic nitrogens is 1. The maximum Gasteiger partial charge on any atom is 0.226 e. The van der Waals surface area contributed by atoms with Gasteiger partial charge in [-0.1, -0.05) is 43.7 Å². The van der Waals surface area contributed by atoms with Gasteiger partial charge in [-0.3, -0.25) is 9.59 Å². The number of thiazole rings is 1. The van der Waals surface area contributed by atoms with Crippen LogP contribution in [-0.2, 0) is 4.79 Å². The first-order chi connectivity index (χ1) is 10.5. The molecule has 0 unspecified atom stereocenters. The lowest BCUT2D eigenvalue weighted by Crippen LogP contribution is -2.13. The molecule has 5 heteroatoms. The van der Waals surface area contributed by atoms with Crippen molar-refractivity contribution in [1.82, 2.24) is 4.98 Å². The van der Waals surface area contributed by atoms with Crippen LogP contribution in [0.15, 0.2) is 29.6 Å². The molecule has 1 aromatic carbocycles. The van der Waals surface area contributed by atoms with Crippen molar-refractivity contribution < 1.29 is 9.59 Å². The van der Waals surface area contributed by atoms with Gasteiger partial charge in [0.05, 0.1) is 5.69 Å². The number of carbonyl (C=O) groups is 2. The second kappa shape index (κ2) is 7.31. The van der Waals surface area contributed by atoms with E-state index in [1.54, 1.807) is 12.1 Å². The minimum absolute atomic E-state index is 0.0165. The Bertz CT molecular complexity index is 660. The summed E-state index contributed by atoms with van der Waals surface area (Å²) in [6.45, 7) is 6.09. The van der Waals surface area contributed by atoms with Gasteiger partial charge in [0.15, 0.2) is 10.9 Å². The van der Waals surface area contributed by atoms with Gasteiger partial charge in [-0.05, 0) is 12.8 Å². The zero-order valence-electron chi connectivity index (χ0n) is 13.1. The number of nitrogens with one attached hydrogen (secondary N) is 1. The third-order valence-electron chi connectivity index (χ3n) is 3.31. The number of anilines is 1. The smallest absolute Gasteiger partial charge is 0.226 e. The molecule has 0 fully saturated rings. The van der Waals surface area contributed by atoms with Crippen LogP contribution in [0.25, 0.3) is 0 Å². The molecule has 116 valence electrons. The van der Waals surface area contributed by atoms with Crippen LogP contribution in [0.4, 0.5) is 5.13 Å². The zero-order valence-corrected chi connectivity index (χ0v) is 13.9. The third kappa shape index (κ3) is 4.49. The summed E-state index contributed by atoms with van der Waals surface area (Å²) in [6.07, 6.45) is 0.376. The summed E-state index contributed by atoms with van der Waals surface area (Å²) in [6, 6.07) is 7.39. The highest BCUT2D eigenvalue weighted by molar-refractivity contribution is 7.13. The topological polar surface area (TPSA) is 59.1 Å². The monoisotopic (exact) mass is 316 g/mol. The number of ketones is 1. The molecule has 1 aromatic heterocycles. The van der Waals surface area contributed by atoms with E-state index in [0.717, 1.165) is 11.3 Å². The average molecular weight is 316 g/mol. The van der Waals surface area contributed by atoms with E-state index in [0.29, 0.717) is 16.6 Å². The Kier molecular flexibility index (Phi) is 5.44. The summed E-state index contributed by atoms with van der Waals surface area (Å²) < 4.78 is 0. The van der Waals surface area contributed by atoms with E-state index in [1.165, 1.54) is 11.3 Å². The first kappa shape index (κ1) is 16.4. The molecule has 0 atom stereocenters. The summed E-state index contributed by atoms with van der Waals surface area (Å²) in [5, 5.41) is 5.29. The van der Waals surface area contributed by atoms with Crippen molar-refractivity contribution in [3.05, 3.63) is 46.5 Å². The van der Waals surface area contributed by atoms with Crippen LogP contribution < -0.4 is 5.32 Å². The van der Waals surface area contributed by atoms with E-state index < -0.39 is 0 Å². The molecule has 0 aliphatic carbocycles. The molecule has 0 aliphatic heterocycles. The number of carbonyl (C=O) groups excluding carboxylic acids is 2. The van der Waals surface area contributed by atoms with Crippen LogP contribution in [0.5, 0.6) is 0 Å². The van der Waals surface area contributed by atoms with Crippen molar-refractivity contribution in [2.45, 2.75) is 39.5 Å². The Hall–Kier alpha value is -2.01. The SMILES string of the molecule is Cc1ccc(C(=O)CCC(=O)Nc2nc(C(C)C)cs2)cc1. The van der Waals surface area contributed by atoms with E-state index in [9.17, 15) is 9.59 Å². The molecule has 4 nitrogen and oxygen atoms in total. The second-order valence-corrected chi connectivity index (χ2v) is 6.43. The number of rotatable bonds is 6. The molecular weight excluding hydrogens is 296 g/mol. The van der Waals surface area contributed by atoms with E-state index in [-0.39, 0.29) is 24.5 Å². The zero-order chi connectivity index (χ0) is 16.1. The predicted octanol–water partition coefficient (Wildman–Crippen LogP) is 4.18. The number of hydrogen-bond donors (Lipinski definition) is 1. The molecule has 0 saturated heterocycles. The number of Topliss-reactive ketones (excluding diaryl/α,β-unsaturated/α-hetero) is 1. The molecule has 0 bridgehead atoms. The Balaban J connectivity index is 1.84. The fourth-order valence-corrected chi connectivity index (χ4v) is 2.79. The summed E-state index contributed by atoms with van der Waals surface area (Å²) in [4.78, 5) is 28.2. The molecular formula is C17H20N2O2S. The molecule has 2 aromatic rings. The molecule has 1 N–H and O–H groups in total. The molecule has 0 radical (unpaired) electrons. The number of benzene rings is 1. The van der Waals surface area contributed by atoms with Crippen molar-refractivity contribution in [2.75, 3.05) is 5.32 Å². The van der Waals surface area contributed by atoms with Crippen molar-refractivity contribution in [3.63, 3.8) is 0 Å². The number of aryl methyl sites for hydroxylation is 1. The molecule has 2 rings (SSSR count). The van der Waals surface area contributed by atoms with Gasteiger partial charge in [-0.15, -0.1) is 11.3 Å². The lowest BCUT2D eigenvalue weighted by Gasteiger charge is -2.03. The van der Waals surface area contributed by atoms with Gasteiger partial charge in [0, 0.05) is 23.8 Å². The molecule has 0 aliphatic rings. The standard InChI is InChI=1S/C17H20N2O2S/c1-11(2)14-10-22-17(18-14)19-16(21)9-8-15(20)13-6-4-12(3)5-7-13/h4-7,10-11H,8-9H2,1-3H3,(H,18,19,21). The minimum atomic E-state index is -0.176. The highest BCUT2D eigenvalue weighted by atomic mass is 32.1. The van der Waals surface area contributed by atoms with Crippen LogP contribution in [-0.4, -0.2) is 16.7 Å². The fraction of sp³-hybridized carbons (Fsp3) is 0.353. The van der Waals surface area contributed by atoms with Crippen molar-refractivity contribution in [1.29, 1.82) is 0 Å². The highest BCUT2D eigenvalue weighted by Gasteiger charge is 2.11. The van der Waals surface area contributed by atoms with E-state index in [4.69, 9.17) is 0 Å². The quantitative estimate of drug-likeness (QED) is 0.813. The van der Waals surface area contributed by atoms with Crippen molar-refractivity contribution in [3.8, 4) is 0 Å². The number of amides is 1. The number of hydrogen-bond acceptors (Lipinski definition) is 4. The summed E-state index contributed by atoms with van der Waals surface area (Å²) >= 11 is 1.41. The van der Waals surface area contributed by atoms with Crippen molar-refractivity contribution in [2.24, 2.45) is 0 Å². The maximum absolute atomic E-state index is 12.0. The van der Waals surface area contributed by atoms with Gasteiger partial charge >= 0.3 is 0 Å². The summed E-state index contributed by atoms with van der Waals surface area (Å²) in [5.41, 5.74) is 2.73. The summed E-state index contributed by atoms with van der Waals surface area (Å²) in [5.74, 6) is 0.146. The molecule has 1 amide bonds. The summed E-state index contributed by atoms with van der Waals surface area (Å²) in [7, 11) is 0. The van der Waals surface area contributed by atoms with E-state index in [1.807, 2.05) is 24.4 Å². The van der Waals surface area contributed by atoms with Crippen LogP contribution in [0, 0.1) is 6.92 Å². The third-order valence-corrected chi connectivity index (χ3v) is 4.09. The predicted molar refractivity (Wildman–Crippen MR) is 89.6 cm³/mol. The lowest BCUT2D eigenvalue weighted by molar-refractivity contribution is -0.116. The van der Waals surface area contributed by atoms with E-state index >= 15 is 0 Å². The first-order valence-electron chi connectivity index (χ1n) is 7.31. The Morgan fingerprint density at radius 1 is 1.18 bits per heavy atom. The molecule has 0 spiro atoms. The maximum atomic E-state index is 12.0. The van der Waals surface area contributed by atoms with Gasteiger partial charge in [-0.25, -0.2) is 4.98 Å². The van der Waals surface area contributed by atoms with Crippen LogP contribution in [0.3, 0.4) is 0 Å².